The van der Waals surface area contributed by atoms with E-state index in [1.165, 1.54) is 0 Å². The topological polar surface area (TPSA) is 181 Å². The second-order valence-electron chi connectivity index (χ2n) is 7.71. The molecule has 0 saturated carbocycles. The van der Waals surface area contributed by atoms with Gasteiger partial charge in [-0.3, -0.25) is 9.59 Å². The third kappa shape index (κ3) is 4.47. The molecule has 1 aliphatic rings. The number of amides is 2. The van der Waals surface area contributed by atoms with Gasteiger partial charge in [0.2, 0.25) is 23.6 Å². The maximum Gasteiger partial charge on any atom is 0.488 e. The summed E-state index contributed by atoms with van der Waals surface area (Å²) in [6.07, 6.45) is 0.547. The second kappa shape index (κ2) is 8.84. The van der Waals surface area contributed by atoms with E-state index in [-0.39, 0.29) is 30.3 Å². The average molecular weight is 447 g/mol. The van der Waals surface area contributed by atoms with Gasteiger partial charge in [-0.1, -0.05) is 30.3 Å². The van der Waals surface area contributed by atoms with Gasteiger partial charge in [0.15, 0.2) is 0 Å². The summed E-state index contributed by atoms with van der Waals surface area (Å²) >= 11 is 0. The fourth-order valence-corrected chi connectivity index (χ4v) is 3.88. The standard InChI is InChI=1S/C21H22BN7O4/c1-11-8-15-14(17(23)30)6-3-7-16(15)29(11)21-27-19(18(24)31)26-20(28-21)25-10-12-4-2-5-13(9-12)22(32)33/h2-7,9,11,32-33H,8,10H2,1H3,(H2,23,30)(H2,24,31)(H,25,26,27,28). The number of carbonyl (C=O) groups excluding carboxylic acids is 2. The zero-order valence-corrected chi connectivity index (χ0v) is 17.8. The van der Waals surface area contributed by atoms with Crippen LogP contribution in [0, 0.1) is 0 Å². The highest BCUT2D eigenvalue weighted by atomic mass is 16.4. The number of nitrogens with one attached hydrogen (secondary N) is 1. The first kappa shape index (κ1) is 22.2. The first-order chi connectivity index (χ1) is 15.7. The molecule has 3 aromatic rings. The average Bonchev–Trinajstić information content (AvgIpc) is 3.13. The fourth-order valence-electron chi connectivity index (χ4n) is 3.88. The number of anilines is 3. The Morgan fingerprint density at radius 2 is 1.88 bits per heavy atom. The summed E-state index contributed by atoms with van der Waals surface area (Å²) in [5.74, 6) is -1.23. The number of hydrogen-bond donors (Lipinski definition) is 5. The first-order valence-corrected chi connectivity index (χ1v) is 10.2. The van der Waals surface area contributed by atoms with Crippen molar-refractivity contribution in [1.29, 1.82) is 0 Å². The van der Waals surface area contributed by atoms with E-state index in [0.29, 0.717) is 17.4 Å². The molecule has 2 heterocycles. The Bertz CT molecular complexity index is 1240. The molecule has 33 heavy (non-hydrogen) atoms. The number of carbonyl (C=O) groups is 2. The third-order valence-electron chi connectivity index (χ3n) is 5.38. The van der Waals surface area contributed by atoms with Crippen molar-refractivity contribution < 1.29 is 19.6 Å². The van der Waals surface area contributed by atoms with Gasteiger partial charge < -0.3 is 31.7 Å². The van der Waals surface area contributed by atoms with Crippen LogP contribution in [0.4, 0.5) is 17.6 Å². The van der Waals surface area contributed by atoms with Gasteiger partial charge in [-0.05, 0) is 42.1 Å². The Morgan fingerprint density at radius 1 is 1.12 bits per heavy atom. The molecule has 168 valence electrons. The number of nitrogens with zero attached hydrogens (tertiary/aromatic N) is 4. The predicted molar refractivity (Wildman–Crippen MR) is 122 cm³/mol. The maximum atomic E-state index is 11.9. The molecule has 1 unspecified atom stereocenters. The zero-order valence-electron chi connectivity index (χ0n) is 17.8. The van der Waals surface area contributed by atoms with Gasteiger partial charge >= 0.3 is 7.12 Å². The lowest BCUT2D eigenvalue weighted by Crippen LogP contribution is -2.30. The Labute approximate surface area is 189 Å². The molecule has 0 bridgehead atoms. The smallest absolute Gasteiger partial charge is 0.423 e. The highest BCUT2D eigenvalue weighted by Gasteiger charge is 2.32. The summed E-state index contributed by atoms with van der Waals surface area (Å²) in [4.78, 5) is 38.4. The van der Waals surface area contributed by atoms with E-state index in [4.69, 9.17) is 11.5 Å². The van der Waals surface area contributed by atoms with Crippen molar-refractivity contribution in [3.63, 3.8) is 0 Å². The fraction of sp³-hybridized carbons (Fsp3) is 0.190. The predicted octanol–water partition coefficient (Wildman–Crippen LogP) is -0.556. The number of primary amides is 2. The van der Waals surface area contributed by atoms with Gasteiger partial charge in [-0.15, -0.1) is 0 Å². The van der Waals surface area contributed by atoms with Crippen molar-refractivity contribution in [2.75, 3.05) is 10.2 Å². The number of benzene rings is 2. The van der Waals surface area contributed by atoms with Gasteiger partial charge in [0.1, 0.15) is 0 Å². The monoisotopic (exact) mass is 447 g/mol. The Hall–Kier alpha value is -4.03. The number of aromatic nitrogens is 3. The van der Waals surface area contributed by atoms with Crippen LogP contribution in [0.1, 0.15) is 39.0 Å². The largest absolute Gasteiger partial charge is 0.488 e. The molecule has 11 nitrogen and oxygen atoms in total. The molecule has 0 radical (unpaired) electrons. The van der Waals surface area contributed by atoms with Crippen LogP contribution in [0.5, 0.6) is 0 Å². The summed E-state index contributed by atoms with van der Waals surface area (Å²) in [5, 5.41) is 21.7. The molecule has 7 N–H and O–H groups in total. The van der Waals surface area contributed by atoms with Gasteiger partial charge in [-0.25, -0.2) is 0 Å². The van der Waals surface area contributed by atoms with Gasteiger partial charge in [0, 0.05) is 23.8 Å². The molecule has 0 fully saturated rings. The van der Waals surface area contributed by atoms with Crippen molar-refractivity contribution >= 4 is 42.0 Å². The van der Waals surface area contributed by atoms with Crippen molar-refractivity contribution in [2.24, 2.45) is 11.5 Å². The molecule has 0 spiro atoms. The highest BCUT2D eigenvalue weighted by Crippen LogP contribution is 2.38. The lowest BCUT2D eigenvalue weighted by molar-refractivity contribution is 0.0985. The maximum absolute atomic E-state index is 11.9. The molecule has 1 aromatic heterocycles. The molecule has 0 saturated heterocycles. The van der Waals surface area contributed by atoms with Crippen molar-refractivity contribution in [3.8, 4) is 0 Å². The van der Waals surface area contributed by atoms with Crippen LogP contribution in [-0.4, -0.2) is 50.0 Å². The Balaban J connectivity index is 1.68. The quantitative estimate of drug-likeness (QED) is 0.297. The van der Waals surface area contributed by atoms with Gasteiger partial charge in [-0.2, -0.15) is 15.0 Å². The van der Waals surface area contributed by atoms with Crippen molar-refractivity contribution in [3.05, 3.63) is 65.0 Å². The van der Waals surface area contributed by atoms with Crippen LogP contribution in [0.2, 0.25) is 0 Å². The summed E-state index contributed by atoms with van der Waals surface area (Å²) < 4.78 is 0. The van der Waals surface area contributed by atoms with E-state index in [1.807, 2.05) is 17.9 Å². The van der Waals surface area contributed by atoms with Crippen LogP contribution >= 0.6 is 0 Å². The normalized spacial score (nSPS) is 14.6. The summed E-state index contributed by atoms with van der Waals surface area (Å²) in [5.41, 5.74) is 14.0. The number of rotatable bonds is 7. The molecular formula is C21H22BN7O4. The van der Waals surface area contributed by atoms with Crippen molar-refractivity contribution in [1.82, 2.24) is 15.0 Å². The van der Waals surface area contributed by atoms with E-state index < -0.39 is 18.9 Å². The summed E-state index contributed by atoms with van der Waals surface area (Å²) in [6.45, 7) is 2.19. The molecule has 4 rings (SSSR count). The lowest BCUT2D eigenvalue weighted by Gasteiger charge is -2.23. The van der Waals surface area contributed by atoms with Crippen LogP contribution in [0.3, 0.4) is 0 Å². The molecular weight excluding hydrogens is 425 g/mol. The van der Waals surface area contributed by atoms with Gasteiger partial charge in [0.25, 0.3) is 5.91 Å². The van der Waals surface area contributed by atoms with Crippen LogP contribution in [0.25, 0.3) is 0 Å². The number of hydrogen-bond acceptors (Lipinski definition) is 9. The van der Waals surface area contributed by atoms with E-state index in [1.54, 1.807) is 36.4 Å². The Kier molecular flexibility index (Phi) is 5.94. The van der Waals surface area contributed by atoms with Crippen LogP contribution < -0.4 is 27.1 Å². The van der Waals surface area contributed by atoms with Crippen LogP contribution in [-0.2, 0) is 13.0 Å². The third-order valence-corrected chi connectivity index (χ3v) is 5.38. The van der Waals surface area contributed by atoms with E-state index in [2.05, 4.69) is 20.3 Å². The number of nitrogens with two attached hydrogens (primary N) is 2. The molecule has 2 aromatic carbocycles. The SMILES string of the molecule is CC1Cc2c(C(N)=O)cccc2N1c1nc(NCc2cccc(B(O)O)c2)nc(C(N)=O)n1. The van der Waals surface area contributed by atoms with Gasteiger partial charge in [0.05, 0.1) is 0 Å². The minimum Gasteiger partial charge on any atom is -0.423 e. The molecule has 12 heteroatoms. The second-order valence-corrected chi connectivity index (χ2v) is 7.71. The first-order valence-electron chi connectivity index (χ1n) is 10.2. The molecule has 1 aliphatic heterocycles. The Morgan fingerprint density at radius 3 is 2.58 bits per heavy atom. The minimum absolute atomic E-state index is 0.112. The highest BCUT2D eigenvalue weighted by molar-refractivity contribution is 6.58. The summed E-state index contributed by atoms with van der Waals surface area (Å²) in [6, 6.07) is 11.8. The van der Waals surface area contributed by atoms with E-state index in [9.17, 15) is 19.6 Å². The van der Waals surface area contributed by atoms with Crippen molar-refractivity contribution in [2.45, 2.75) is 25.9 Å². The van der Waals surface area contributed by atoms with E-state index in [0.717, 1.165) is 16.8 Å². The number of fused-ring (bicyclic) bond motifs is 1. The van der Waals surface area contributed by atoms with Crippen LogP contribution in [0.15, 0.2) is 42.5 Å². The van der Waals surface area contributed by atoms with E-state index >= 15 is 0 Å². The molecule has 1 atom stereocenters. The lowest BCUT2D eigenvalue weighted by atomic mass is 9.80. The molecule has 2 amide bonds. The molecule has 0 aliphatic carbocycles. The minimum atomic E-state index is -1.59. The summed E-state index contributed by atoms with van der Waals surface area (Å²) in [7, 11) is -1.59. The zero-order chi connectivity index (χ0) is 23.7.